The fraction of sp³-hybridized carbons (Fsp3) is 0.533. The number of hydrogen-bond donors (Lipinski definition) is 2. The number of nitrogens with one attached hydrogen (secondary N) is 2. The van der Waals surface area contributed by atoms with Gasteiger partial charge < -0.3 is 10.6 Å². The lowest BCUT2D eigenvalue weighted by Gasteiger charge is -2.38. The molecule has 3 rings (SSSR count). The van der Waals surface area contributed by atoms with Gasteiger partial charge in [-0.2, -0.15) is 0 Å². The summed E-state index contributed by atoms with van der Waals surface area (Å²) in [4.78, 5) is 14.8. The summed E-state index contributed by atoms with van der Waals surface area (Å²) in [7, 11) is 0. The highest BCUT2D eigenvalue weighted by atomic mass is 16.2. The zero-order valence-electron chi connectivity index (χ0n) is 11.4. The van der Waals surface area contributed by atoms with E-state index in [4.69, 9.17) is 0 Å². The van der Waals surface area contributed by atoms with Crippen molar-refractivity contribution in [2.24, 2.45) is 0 Å². The molecule has 0 radical (unpaired) electrons. The molecule has 4 heteroatoms. The summed E-state index contributed by atoms with van der Waals surface area (Å²) in [6, 6.07) is 8.55. The van der Waals surface area contributed by atoms with E-state index in [-0.39, 0.29) is 11.9 Å². The van der Waals surface area contributed by atoms with E-state index in [0.717, 1.165) is 38.2 Å². The molecule has 0 aliphatic carbocycles. The molecule has 0 bridgehead atoms. The number of amides is 1. The second kappa shape index (κ2) is 5.31. The highest BCUT2D eigenvalue weighted by molar-refractivity contribution is 5.96. The number of para-hydroxylation sites is 1. The van der Waals surface area contributed by atoms with Crippen LogP contribution in [0.3, 0.4) is 0 Å². The fourth-order valence-electron chi connectivity index (χ4n) is 3.14. The smallest absolute Gasteiger partial charge is 0.241 e. The third kappa shape index (κ3) is 2.51. The first-order valence-corrected chi connectivity index (χ1v) is 7.11. The van der Waals surface area contributed by atoms with Crippen LogP contribution in [0.1, 0.15) is 18.9 Å². The third-order valence-corrected chi connectivity index (χ3v) is 4.22. The van der Waals surface area contributed by atoms with Crippen LogP contribution in [-0.4, -0.2) is 42.5 Å². The minimum Gasteiger partial charge on any atom is -0.324 e. The van der Waals surface area contributed by atoms with Gasteiger partial charge in [0, 0.05) is 31.4 Å². The molecule has 1 fully saturated rings. The number of nitrogens with zero attached hydrogens (tertiary/aromatic N) is 1. The minimum absolute atomic E-state index is 0.00417. The van der Waals surface area contributed by atoms with Gasteiger partial charge in [-0.15, -0.1) is 0 Å². The zero-order chi connectivity index (χ0) is 13.2. The van der Waals surface area contributed by atoms with Crippen LogP contribution in [-0.2, 0) is 11.2 Å². The van der Waals surface area contributed by atoms with E-state index < -0.39 is 0 Å². The average Bonchev–Trinajstić information content (AvgIpc) is 2.58. The van der Waals surface area contributed by atoms with Crippen LogP contribution >= 0.6 is 0 Å². The maximum atomic E-state index is 12.4. The monoisotopic (exact) mass is 259 g/mol. The average molecular weight is 259 g/mol. The Kier molecular flexibility index (Phi) is 3.53. The van der Waals surface area contributed by atoms with Crippen LogP contribution in [0.2, 0.25) is 0 Å². The van der Waals surface area contributed by atoms with Gasteiger partial charge in [-0.25, -0.2) is 0 Å². The summed E-state index contributed by atoms with van der Waals surface area (Å²) in [5.74, 6) is 0.152. The topological polar surface area (TPSA) is 44.4 Å². The highest BCUT2D eigenvalue weighted by Crippen LogP contribution is 2.24. The lowest BCUT2D eigenvalue weighted by atomic mass is 10.0. The fourth-order valence-corrected chi connectivity index (χ4v) is 3.14. The molecule has 2 aliphatic rings. The number of carbonyl (C=O) groups is 1. The molecule has 102 valence electrons. The van der Waals surface area contributed by atoms with Crippen LogP contribution in [0.5, 0.6) is 0 Å². The molecule has 1 aromatic carbocycles. The van der Waals surface area contributed by atoms with E-state index in [2.05, 4.69) is 28.5 Å². The second-order valence-corrected chi connectivity index (χ2v) is 5.49. The normalized spacial score (nSPS) is 28.4. The Morgan fingerprint density at radius 1 is 1.32 bits per heavy atom. The summed E-state index contributed by atoms with van der Waals surface area (Å²) in [6.07, 6.45) is 1.88. The first-order valence-electron chi connectivity index (χ1n) is 7.11. The first kappa shape index (κ1) is 12.6. The van der Waals surface area contributed by atoms with Gasteiger partial charge in [0.05, 0.1) is 6.04 Å². The van der Waals surface area contributed by atoms with Crippen LogP contribution < -0.4 is 10.6 Å². The van der Waals surface area contributed by atoms with Crippen molar-refractivity contribution in [3.05, 3.63) is 29.8 Å². The van der Waals surface area contributed by atoms with E-state index in [1.165, 1.54) is 5.56 Å². The van der Waals surface area contributed by atoms with Gasteiger partial charge in [0.25, 0.3) is 0 Å². The summed E-state index contributed by atoms with van der Waals surface area (Å²) in [5.41, 5.74) is 2.24. The van der Waals surface area contributed by atoms with Gasteiger partial charge in [0.2, 0.25) is 5.91 Å². The number of fused-ring (bicyclic) bond motifs is 1. The predicted octanol–water partition coefficient (Wildman–Crippen LogP) is 1.23. The molecule has 2 atom stereocenters. The van der Waals surface area contributed by atoms with E-state index in [0.29, 0.717) is 6.04 Å². The molecule has 0 spiro atoms. The Balaban J connectivity index is 1.80. The van der Waals surface area contributed by atoms with Crippen LogP contribution in [0, 0.1) is 0 Å². The van der Waals surface area contributed by atoms with Gasteiger partial charge in [-0.05, 0) is 31.4 Å². The third-order valence-electron chi connectivity index (χ3n) is 4.22. The molecule has 2 aliphatic heterocycles. The summed E-state index contributed by atoms with van der Waals surface area (Å²) < 4.78 is 0. The van der Waals surface area contributed by atoms with E-state index >= 15 is 0 Å². The number of aryl methyl sites for hydroxylation is 1. The minimum atomic E-state index is 0.00417. The number of rotatable bonds is 1. The lowest BCUT2D eigenvalue weighted by molar-refractivity contribution is -0.122. The Hall–Kier alpha value is -1.39. The maximum absolute atomic E-state index is 12.4. The number of anilines is 1. The van der Waals surface area contributed by atoms with Gasteiger partial charge in [-0.1, -0.05) is 18.2 Å². The van der Waals surface area contributed by atoms with Crippen molar-refractivity contribution in [2.75, 3.05) is 25.0 Å². The predicted molar refractivity (Wildman–Crippen MR) is 76.2 cm³/mol. The molecular weight excluding hydrogens is 238 g/mol. The molecule has 2 N–H and O–H groups in total. The highest BCUT2D eigenvalue weighted by Gasteiger charge is 2.32. The molecule has 4 nitrogen and oxygen atoms in total. The van der Waals surface area contributed by atoms with Crippen LogP contribution in [0.15, 0.2) is 24.3 Å². The lowest BCUT2D eigenvalue weighted by Crippen LogP contribution is -2.56. The van der Waals surface area contributed by atoms with Crippen molar-refractivity contribution in [1.82, 2.24) is 10.2 Å². The molecule has 1 saturated heterocycles. The quantitative estimate of drug-likeness (QED) is 0.797. The zero-order valence-corrected chi connectivity index (χ0v) is 11.4. The van der Waals surface area contributed by atoms with Crippen molar-refractivity contribution in [3.8, 4) is 0 Å². The van der Waals surface area contributed by atoms with E-state index in [9.17, 15) is 4.79 Å². The SMILES string of the molecule is C[C@H]1CNCCN1C1CCc2ccccc2NC1=O. The largest absolute Gasteiger partial charge is 0.324 e. The van der Waals surface area contributed by atoms with Crippen LogP contribution in [0.4, 0.5) is 5.69 Å². The molecule has 1 aromatic rings. The second-order valence-electron chi connectivity index (χ2n) is 5.49. The number of benzene rings is 1. The number of piperazine rings is 1. The summed E-state index contributed by atoms with van der Waals surface area (Å²) in [6.45, 7) is 5.09. The molecule has 19 heavy (non-hydrogen) atoms. The molecule has 2 heterocycles. The first-order chi connectivity index (χ1) is 9.25. The Bertz CT molecular complexity index is 474. The van der Waals surface area contributed by atoms with Crippen molar-refractivity contribution in [3.63, 3.8) is 0 Å². The molecule has 0 aromatic heterocycles. The molecular formula is C15H21N3O. The molecule has 1 unspecified atom stereocenters. The van der Waals surface area contributed by atoms with E-state index in [1.807, 2.05) is 18.2 Å². The van der Waals surface area contributed by atoms with Gasteiger partial charge in [0.1, 0.15) is 0 Å². The maximum Gasteiger partial charge on any atom is 0.241 e. The molecule has 1 amide bonds. The Morgan fingerprint density at radius 3 is 3.00 bits per heavy atom. The van der Waals surface area contributed by atoms with Crippen molar-refractivity contribution < 1.29 is 4.79 Å². The van der Waals surface area contributed by atoms with Crippen molar-refractivity contribution in [2.45, 2.75) is 31.8 Å². The van der Waals surface area contributed by atoms with Crippen molar-refractivity contribution in [1.29, 1.82) is 0 Å². The number of hydrogen-bond acceptors (Lipinski definition) is 3. The number of carbonyl (C=O) groups excluding carboxylic acids is 1. The van der Waals surface area contributed by atoms with Crippen molar-refractivity contribution >= 4 is 11.6 Å². The Labute approximate surface area is 114 Å². The molecule has 0 saturated carbocycles. The van der Waals surface area contributed by atoms with Crippen LogP contribution in [0.25, 0.3) is 0 Å². The van der Waals surface area contributed by atoms with Gasteiger partial charge in [0.15, 0.2) is 0 Å². The van der Waals surface area contributed by atoms with Gasteiger partial charge >= 0.3 is 0 Å². The standard InChI is InChI=1S/C15H21N3O/c1-11-10-16-8-9-18(11)14-7-6-12-4-2-3-5-13(12)17-15(14)19/h2-5,11,14,16H,6-10H2,1H3,(H,17,19)/t11-,14?/m0/s1. The summed E-state index contributed by atoms with van der Waals surface area (Å²) in [5, 5.41) is 6.47. The van der Waals surface area contributed by atoms with Gasteiger partial charge in [-0.3, -0.25) is 9.69 Å². The van der Waals surface area contributed by atoms with E-state index in [1.54, 1.807) is 0 Å². The summed E-state index contributed by atoms with van der Waals surface area (Å²) >= 11 is 0. The Morgan fingerprint density at radius 2 is 2.16 bits per heavy atom.